The van der Waals surface area contributed by atoms with Crippen molar-refractivity contribution in [2.45, 2.75) is 22.6 Å². The number of halogens is 3. The van der Waals surface area contributed by atoms with Gasteiger partial charge in [0.2, 0.25) is 0 Å². The van der Waals surface area contributed by atoms with E-state index in [1.165, 1.54) is 0 Å². The summed E-state index contributed by atoms with van der Waals surface area (Å²) in [6.45, 7) is 0. The molecule has 0 aliphatic heterocycles. The van der Waals surface area contributed by atoms with Gasteiger partial charge in [0.1, 0.15) is 5.69 Å². The average Bonchev–Trinajstić information content (AvgIpc) is 2.64. The molecule has 0 spiro atoms. The lowest BCUT2D eigenvalue weighted by molar-refractivity contribution is 0.103. The zero-order valence-electron chi connectivity index (χ0n) is 13.0. The first-order chi connectivity index (χ1) is 12.0. The number of fused-ring (bicyclic) bond motifs is 2. The van der Waals surface area contributed by atoms with E-state index < -0.39 is 4.33 Å². The average molecular weight is 392 g/mol. The smallest absolute Gasteiger partial charge is 0.193 e. The van der Waals surface area contributed by atoms with E-state index in [-0.39, 0.29) is 11.2 Å². The molecule has 3 aromatic rings. The molecule has 1 heterocycles. The second-order valence-electron chi connectivity index (χ2n) is 6.07. The van der Waals surface area contributed by atoms with Gasteiger partial charge in [0, 0.05) is 11.1 Å². The normalized spacial score (nSPS) is 18.8. The fourth-order valence-corrected chi connectivity index (χ4v) is 3.77. The van der Waals surface area contributed by atoms with Gasteiger partial charge in [0.05, 0.1) is 22.1 Å². The fourth-order valence-electron chi connectivity index (χ4n) is 3.02. The number of alkyl halides is 3. The number of benzene rings is 2. The predicted molar refractivity (Wildman–Crippen MR) is 101 cm³/mol. The van der Waals surface area contributed by atoms with E-state index in [1.54, 1.807) is 30.3 Å². The number of hydrogen-bond acceptors (Lipinski definition) is 3. The van der Waals surface area contributed by atoms with E-state index in [2.05, 4.69) is 9.97 Å². The highest BCUT2D eigenvalue weighted by Gasteiger charge is 2.39. The molecule has 0 bridgehead atoms. The number of rotatable bonds is 2. The van der Waals surface area contributed by atoms with Crippen LogP contribution in [0.25, 0.3) is 11.0 Å². The first kappa shape index (κ1) is 16.8. The summed E-state index contributed by atoms with van der Waals surface area (Å²) in [4.78, 5) is 21.8. The van der Waals surface area contributed by atoms with Crippen LogP contribution in [0.4, 0.5) is 0 Å². The maximum Gasteiger partial charge on any atom is 0.193 e. The Hall–Kier alpha value is -1.68. The lowest BCUT2D eigenvalue weighted by Crippen LogP contribution is -2.23. The molecular formula is C19H13Cl3N2O. The molecule has 0 saturated carbocycles. The first-order valence-corrected chi connectivity index (χ1v) is 9.09. The van der Waals surface area contributed by atoms with Crippen LogP contribution >= 0.6 is 34.8 Å². The number of carbonyl (C=O) groups is 1. The first-order valence-electron chi connectivity index (χ1n) is 7.89. The number of aromatic nitrogens is 2. The van der Waals surface area contributed by atoms with Crippen molar-refractivity contribution in [2.24, 2.45) is 0 Å². The summed E-state index contributed by atoms with van der Waals surface area (Å²) in [6.07, 6.45) is 1.16. The summed E-state index contributed by atoms with van der Waals surface area (Å²) in [6, 6.07) is 14.4. The molecule has 2 aromatic carbocycles. The Balaban J connectivity index is 1.84. The van der Waals surface area contributed by atoms with Gasteiger partial charge in [-0.2, -0.15) is 0 Å². The largest absolute Gasteiger partial charge is 0.289 e. The third-order valence-electron chi connectivity index (χ3n) is 4.34. The van der Waals surface area contributed by atoms with Crippen molar-refractivity contribution in [2.75, 3.05) is 0 Å². The van der Waals surface area contributed by atoms with Crippen LogP contribution in [0.15, 0.2) is 48.5 Å². The van der Waals surface area contributed by atoms with Crippen molar-refractivity contribution in [1.29, 1.82) is 0 Å². The molecule has 126 valence electrons. The number of hydrogen-bond donors (Lipinski definition) is 0. The van der Waals surface area contributed by atoms with Gasteiger partial charge in [0.15, 0.2) is 10.1 Å². The van der Waals surface area contributed by atoms with E-state index >= 15 is 0 Å². The van der Waals surface area contributed by atoms with Gasteiger partial charge in [-0.3, -0.25) is 4.79 Å². The van der Waals surface area contributed by atoms with E-state index in [1.807, 2.05) is 18.2 Å². The van der Waals surface area contributed by atoms with Crippen LogP contribution in [0, 0.1) is 0 Å². The van der Waals surface area contributed by atoms with Gasteiger partial charge in [-0.15, -0.1) is 11.6 Å². The lowest BCUT2D eigenvalue weighted by Gasteiger charge is -2.29. The molecule has 1 aliphatic rings. The number of ketones is 1. The van der Waals surface area contributed by atoms with Crippen LogP contribution in [0.2, 0.25) is 0 Å². The highest BCUT2D eigenvalue weighted by molar-refractivity contribution is 6.48. The highest BCUT2D eigenvalue weighted by atomic mass is 35.5. The second kappa shape index (κ2) is 6.24. The quantitative estimate of drug-likeness (QED) is 0.424. The molecule has 3 nitrogen and oxygen atoms in total. The highest BCUT2D eigenvalue weighted by Crippen LogP contribution is 2.48. The van der Waals surface area contributed by atoms with E-state index in [4.69, 9.17) is 34.8 Å². The third-order valence-corrected chi connectivity index (χ3v) is 5.51. The van der Waals surface area contributed by atoms with Crippen molar-refractivity contribution in [3.8, 4) is 0 Å². The van der Waals surface area contributed by atoms with Crippen LogP contribution in [0.3, 0.4) is 0 Å². The van der Waals surface area contributed by atoms with Crippen LogP contribution in [-0.2, 0) is 4.33 Å². The summed E-state index contributed by atoms with van der Waals surface area (Å²) >= 11 is 19.2. The third kappa shape index (κ3) is 3.01. The predicted octanol–water partition coefficient (Wildman–Crippen LogP) is 5.56. The zero-order valence-corrected chi connectivity index (χ0v) is 15.3. The van der Waals surface area contributed by atoms with Crippen molar-refractivity contribution in [3.63, 3.8) is 0 Å². The summed E-state index contributed by atoms with van der Waals surface area (Å²) < 4.78 is -1.11. The number of carbonyl (C=O) groups excluding carboxylic acids is 1. The Morgan fingerprint density at radius 1 is 1.00 bits per heavy atom. The molecule has 0 fully saturated rings. The molecule has 1 unspecified atom stereocenters. The van der Waals surface area contributed by atoms with Crippen LogP contribution < -0.4 is 0 Å². The van der Waals surface area contributed by atoms with Gasteiger partial charge in [-0.25, -0.2) is 9.97 Å². The van der Waals surface area contributed by atoms with Crippen molar-refractivity contribution < 1.29 is 4.79 Å². The van der Waals surface area contributed by atoms with E-state index in [0.29, 0.717) is 46.4 Å². The van der Waals surface area contributed by atoms with Gasteiger partial charge in [-0.05, 0) is 31.0 Å². The minimum Gasteiger partial charge on any atom is -0.289 e. The molecule has 0 amide bonds. The molecule has 1 atom stereocenters. The molecule has 1 aromatic heterocycles. The number of nitrogens with zero attached hydrogens (tertiary/aromatic N) is 2. The standard InChI is InChI=1S/C19H13Cl3N2O/c20-13-8-9-19(21,22)18-16(13)23-14-7-6-12(10-15(14)24-18)17(25)11-4-2-1-3-5-11/h1-7,10,13H,8-9H2. The summed E-state index contributed by atoms with van der Waals surface area (Å²) in [5, 5.41) is -0.261. The second-order valence-corrected chi connectivity index (χ2v) is 8.08. The summed E-state index contributed by atoms with van der Waals surface area (Å²) in [5.41, 5.74) is 3.52. The summed E-state index contributed by atoms with van der Waals surface area (Å²) in [5.74, 6) is -0.0692. The Morgan fingerprint density at radius 3 is 2.52 bits per heavy atom. The van der Waals surface area contributed by atoms with Gasteiger partial charge in [-0.1, -0.05) is 53.5 Å². The van der Waals surface area contributed by atoms with Gasteiger partial charge < -0.3 is 0 Å². The lowest BCUT2D eigenvalue weighted by atomic mass is 9.98. The van der Waals surface area contributed by atoms with E-state index in [0.717, 1.165) is 0 Å². The maximum atomic E-state index is 12.6. The fraction of sp³-hybridized carbons (Fsp3) is 0.211. The van der Waals surface area contributed by atoms with Crippen LogP contribution in [-0.4, -0.2) is 15.8 Å². The van der Waals surface area contributed by atoms with Gasteiger partial charge >= 0.3 is 0 Å². The van der Waals surface area contributed by atoms with Crippen molar-refractivity contribution in [1.82, 2.24) is 9.97 Å². The zero-order chi connectivity index (χ0) is 17.6. The van der Waals surface area contributed by atoms with Crippen LogP contribution in [0.1, 0.15) is 45.5 Å². The molecule has 0 saturated heterocycles. The van der Waals surface area contributed by atoms with Crippen molar-refractivity contribution >= 4 is 51.6 Å². The minimum absolute atomic E-state index is 0.0692. The van der Waals surface area contributed by atoms with Crippen LogP contribution in [0.5, 0.6) is 0 Å². The Morgan fingerprint density at radius 2 is 1.76 bits per heavy atom. The van der Waals surface area contributed by atoms with Crippen molar-refractivity contribution in [3.05, 3.63) is 71.0 Å². The molecular weight excluding hydrogens is 379 g/mol. The Bertz CT molecular complexity index is 973. The molecule has 6 heteroatoms. The Labute approximate surface area is 159 Å². The molecule has 1 aliphatic carbocycles. The summed E-state index contributed by atoms with van der Waals surface area (Å²) in [7, 11) is 0. The molecule has 0 N–H and O–H groups in total. The molecule has 25 heavy (non-hydrogen) atoms. The Kier molecular flexibility index (Phi) is 4.19. The SMILES string of the molecule is O=C(c1ccccc1)c1ccc2nc3c(nc2c1)C(Cl)(Cl)CCC3Cl. The maximum absolute atomic E-state index is 12.6. The molecule has 4 rings (SSSR count). The van der Waals surface area contributed by atoms with E-state index in [9.17, 15) is 4.79 Å². The topological polar surface area (TPSA) is 42.9 Å². The molecule has 0 radical (unpaired) electrons. The minimum atomic E-state index is -1.11. The van der Waals surface area contributed by atoms with Gasteiger partial charge in [0.25, 0.3) is 0 Å². The monoisotopic (exact) mass is 390 g/mol.